The van der Waals surface area contributed by atoms with E-state index in [0.29, 0.717) is 37.2 Å². The minimum absolute atomic E-state index is 0.200. The largest absolute Gasteiger partial charge is 0.351 e. The van der Waals surface area contributed by atoms with Crippen LogP contribution < -0.4 is 11.1 Å². The normalized spacial score (nSPS) is 14.6. The van der Waals surface area contributed by atoms with E-state index in [1.165, 1.54) is 0 Å². The quantitative estimate of drug-likeness (QED) is 0.789. The number of Topliss-reactive ketones (excluding diaryl/α,β-unsaturated/α-hetero) is 1. The molecule has 1 aliphatic rings. The fraction of sp³-hybridized carbons (Fsp3) is 0.250. The van der Waals surface area contributed by atoms with E-state index in [9.17, 15) is 23.2 Å². The molecule has 1 aliphatic heterocycles. The van der Waals surface area contributed by atoms with Gasteiger partial charge < -0.3 is 16.0 Å². The molecule has 1 fully saturated rings. The highest BCUT2D eigenvalue weighted by molar-refractivity contribution is 5.99. The Bertz CT molecular complexity index is 907. The van der Waals surface area contributed by atoms with Crippen molar-refractivity contribution in [2.75, 3.05) is 18.4 Å². The maximum atomic E-state index is 13.8. The van der Waals surface area contributed by atoms with Gasteiger partial charge in [-0.1, -0.05) is 0 Å². The van der Waals surface area contributed by atoms with Crippen molar-refractivity contribution in [2.24, 2.45) is 11.7 Å². The van der Waals surface area contributed by atoms with Crippen LogP contribution in [0.2, 0.25) is 0 Å². The van der Waals surface area contributed by atoms with Gasteiger partial charge in [0.1, 0.15) is 11.6 Å². The minimum atomic E-state index is -0.741. The Morgan fingerprint density at radius 3 is 2.25 bits per heavy atom. The zero-order valence-corrected chi connectivity index (χ0v) is 15.0. The molecule has 3 rings (SSSR count). The molecule has 0 unspecified atom stereocenters. The molecule has 3 N–H and O–H groups in total. The number of primary amides is 1. The summed E-state index contributed by atoms with van der Waals surface area (Å²) in [6, 6.07) is 8.43. The minimum Gasteiger partial charge on any atom is -0.351 e. The molecular weight excluding hydrogens is 368 g/mol. The summed E-state index contributed by atoms with van der Waals surface area (Å²) in [6.45, 7) is 0.681. The summed E-state index contributed by atoms with van der Waals surface area (Å²) >= 11 is 0. The van der Waals surface area contributed by atoms with Crippen LogP contribution in [0, 0.1) is 17.6 Å². The third-order valence-electron chi connectivity index (χ3n) is 4.75. The topological polar surface area (TPSA) is 92.5 Å². The molecule has 0 aromatic heterocycles. The molecule has 146 valence electrons. The summed E-state index contributed by atoms with van der Waals surface area (Å²) in [5, 5.41) is 2.41. The second-order valence-corrected chi connectivity index (χ2v) is 6.62. The number of ketones is 1. The van der Waals surface area contributed by atoms with Crippen LogP contribution in [0.25, 0.3) is 0 Å². The number of hydrogen-bond acceptors (Lipinski definition) is 3. The van der Waals surface area contributed by atoms with Gasteiger partial charge in [0.05, 0.1) is 5.56 Å². The van der Waals surface area contributed by atoms with Gasteiger partial charge in [0.15, 0.2) is 5.78 Å². The summed E-state index contributed by atoms with van der Waals surface area (Å²) in [5.74, 6) is -2.50. The van der Waals surface area contributed by atoms with Crippen LogP contribution in [0.3, 0.4) is 0 Å². The lowest BCUT2D eigenvalue weighted by molar-refractivity contribution is 0.0649. The Balaban J connectivity index is 1.61. The molecule has 1 saturated heterocycles. The number of halogens is 2. The van der Waals surface area contributed by atoms with Gasteiger partial charge in [-0.15, -0.1) is 0 Å². The summed E-state index contributed by atoms with van der Waals surface area (Å²) in [4.78, 5) is 37.5. The molecule has 3 amide bonds. The highest BCUT2D eigenvalue weighted by Crippen LogP contribution is 2.25. The Morgan fingerprint density at radius 1 is 1.00 bits per heavy atom. The van der Waals surface area contributed by atoms with Crippen molar-refractivity contribution in [3.63, 3.8) is 0 Å². The van der Waals surface area contributed by atoms with E-state index in [1.54, 1.807) is 29.2 Å². The summed E-state index contributed by atoms with van der Waals surface area (Å²) in [7, 11) is 0. The van der Waals surface area contributed by atoms with E-state index in [4.69, 9.17) is 5.73 Å². The Labute approximate surface area is 160 Å². The fourth-order valence-corrected chi connectivity index (χ4v) is 3.27. The first-order valence-electron chi connectivity index (χ1n) is 8.80. The predicted octanol–water partition coefficient (Wildman–Crippen LogP) is 3.19. The molecule has 28 heavy (non-hydrogen) atoms. The maximum absolute atomic E-state index is 13.8. The van der Waals surface area contributed by atoms with Crippen molar-refractivity contribution in [1.82, 2.24) is 4.90 Å². The number of hydrogen-bond donors (Lipinski definition) is 2. The molecule has 0 spiro atoms. The number of piperidine rings is 1. The lowest BCUT2D eigenvalue weighted by Crippen LogP contribution is -2.40. The first kappa shape index (κ1) is 19.5. The van der Waals surface area contributed by atoms with Crippen LogP contribution in [0.15, 0.2) is 42.5 Å². The fourth-order valence-electron chi connectivity index (χ4n) is 3.27. The van der Waals surface area contributed by atoms with Crippen molar-refractivity contribution in [1.29, 1.82) is 0 Å². The Kier molecular flexibility index (Phi) is 5.67. The lowest BCUT2D eigenvalue weighted by atomic mass is 9.88. The molecule has 2 aromatic carbocycles. The molecule has 8 heteroatoms. The van der Waals surface area contributed by atoms with Crippen LogP contribution in [0.4, 0.5) is 19.3 Å². The van der Waals surface area contributed by atoms with E-state index in [0.717, 1.165) is 18.2 Å². The van der Waals surface area contributed by atoms with Gasteiger partial charge in [-0.2, -0.15) is 0 Å². The van der Waals surface area contributed by atoms with Gasteiger partial charge in [0.2, 0.25) is 0 Å². The molecule has 6 nitrogen and oxygen atoms in total. The van der Waals surface area contributed by atoms with Crippen molar-refractivity contribution >= 4 is 23.4 Å². The summed E-state index contributed by atoms with van der Waals surface area (Å²) < 4.78 is 27.2. The molecule has 0 radical (unpaired) electrons. The average molecular weight is 387 g/mol. The molecular formula is C20H19F2N3O3. The van der Waals surface area contributed by atoms with Crippen molar-refractivity contribution in [3.05, 3.63) is 65.2 Å². The average Bonchev–Trinajstić information content (AvgIpc) is 2.69. The lowest BCUT2D eigenvalue weighted by Gasteiger charge is -2.31. The summed E-state index contributed by atoms with van der Waals surface area (Å²) in [5.41, 5.74) is 5.71. The highest BCUT2D eigenvalue weighted by Gasteiger charge is 2.29. The standard InChI is InChI=1S/C20H19F2N3O3/c21-14-3-6-17(22)16(11-14)18(26)12-7-9-25(10-8-12)19(27)13-1-4-15(5-2-13)24-20(23)28/h1-6,11-12H,7-10H2,(H3,23,24,28). The van der Waals surface area contributed by atoms with Gasteiger partial charge in [-0.05, 0) is 55.3 Å². The summed E-state index contributed by atoms with van der Waals surface area (Å²) in [6.07, 6.45) is 0.754. The van der Waals surface area contributed by atoms with E-state index in [1.807, 2.05) is 0 Å². The van der Waals surface area contributed by atoms with E-state index < -0.39 is 29.4 Å². The van der Waals surface area contributed by atoms with Crippen LogP contribution in [-0.4, -0.2) is 35.7 Å². The van der Waals surface area contributed by atoms with Gasteiger partial charge in [-0.25, -0.2) is 13.6 Å². The smallest absolute Gasteiger partial charge is 0.316 e. The Morgan fingerprint density at radius 2 is 1.64 bits per heavy atom. The van der Waals surface area contributed by atoms with Crippen LogP contribution in [-0.2, 0) is 0 Å². The van der Waals surface area contributed by atoms with Crippen molar-refractivity contribution < 1.29 is 23.2 Å². The Hall–Kier alpha value is -3.29. The van der Waals surface area contributed by atoms with Crippen molar-refractivity contribution in [3.8, 4) is 0 Å². The monoisotopic (exact) mass is 387 g/mol. The van der Waals surface area contributed by atoms with Crippen LogP contribution in [0.1, 0.15) is 33.6 Å². The number of amides is 3. The first-order valence-corrected chi connectivity index (χ1v) is 8.80. The van der Waals surface area contributed by atoms with Gasteiger partial charge >= 0.3 is 6.03 Å². The molecule has 0 aliphatic carbocycles. The number of urea groups is 1. The molecule has 2 aromatic rings. The third-order valence-corrected chi connectivity index (χ3v) is 4.75. The SMILES string of the molecule is NC(=O)Nc1ccc(C(=O)N2CCC(C(=O)c3cc(F)ccc3F)CC2)cc1. The zero-order valence-electron chi connectivity index (χ0n) is 15.0. The van der Waals surface area contributed by atoms with E-state index >= 15 is 0 Å². The maximum Gasteiger partial charge on any atom is 0.316 e. The highest BCUT2D eigenvalue weighted by atomic mass is 19.1. The van der Waals surface area contributed by atoms with Gasteiger partial charge in [-0.3, -0.25) is 9.59 Å². The number of anilines is 1. The number of likely N-dealkylation sites (tertiary alicyclic amines) is 1. The van der Waals surface area contributed by atoms with Crippen LogP contribution in [0.5, 0.6) is 0 Å². The molecule has 1 heterocycles. The second-order valence-electron chi connectivity index (χ2n) is 6.62. The number of nitrogens with two attached hydrogens (primary N) is 1. The number of nitrogens with zero attached hydrogens (tertiary/aromatic N) is 1. The number of carbonyl (C=O) groups excluding carboxylic acids is 3. The van der Waals surface area contributed by atoms with Crippen LogP contribution >= 0.6 is 0 Å². The van der Waals surface area contributed by atoms with Gasteiger partial charge in [0, 0.05) is 30.3 Å². The number of nitrogens with one attached hydrogen (secondary N) is 1. The van der Waals surface area contributed by atoms with E-state index in [-0.39, 0.29) is 11.5 Å². The number of carbonyl (C=O) groups is 3. The number of benzene rings is 2. The van der Waals surface area contributed by atoms with E-state index in [2.05, 4.69) is 5.32 Å². The second kappa shape index (κ2) is 8.16. The first-order chi connectivity index (χ1) is 13.3. The molecule has 0 atom stereocenters. The van der Waals surface area contributed by atoms with Gasteiger partial charge in [0.25, 0.3) is 5.91 Å². The molecule has 0 saturated carbocycles. The van der Waals surface area contributed by atoms with Crippen molar-refractivity contribution in [2.45, 2.75) is 12.8 Å². The third kappa shape index (κ3) is 4.33. The number of rotatable bonds is 4. The predicted molar refractivity (Wildman–Crippen MR) is 99.0 cm³/mol. The zero-order chi connectivity index (χ0) is 20.3. The molecule has 0 bridgehead atoms.